The van der Waals surface area contributed by atoms with E-state index in [1.165, 1.54) is 18.2 Å². The Labute approximate surface area is 239 Å². The number of imide groups is 1. The highest BCUT2D eigenvalue weighted by atomic mass is 19.1. The van der Waals surface area contributed by atoms with Gasteiger partial charge in [0.1, 0.15) is 17.3 Å². The quantitative estimate of drug-likeness (QED) is 0.163. The summed E-state index contributed by atoms with van der Waals surface area (Å²) in [4.78, 5) is 45.6. The second-order valence-electron chi connectivity index (χ2n) is 10.4. The molecule has 0 saturated carbocycles. The van der Waals surface area contributed by atoms with Crippen LogP contribution in [0.1, 0.15) is 45.7 Å². The van der Waals surface area contributed by atoms with Crippen molar-refractivity contribution >= 4 is 58.1 Å². The van der Waals surface area contributed by atoms with Crippen LogP contribution < -0.4 is 10.6 Å². The lowest BCUT2D eigenvalue weighted by Crippen LogP contribution is -2.30. The summed E-state index contributed by atoms with van der Waals surface area (Å²) in [5, 5.41) is 11.4. The fourth-order valence-electron chi connectivity index (χ4n) is 5.24. The maximum Gasteiger partial charge on any atom is 0.267 e. The number of H-pyrrole nitrogens is 1. The maximum absolute atomic E-state index is 16.0. The van der Waals surface area contributed by atoms with Crippen molar-refractivity contribution < 1.29 is 28.3 Å². The topological polar surface area (TPSA) is 129 Å². The number of nitrogens with one attached hydrogen (secondary N) is 1. The van der Waals surface area contributed by atoms with E-state index in [9.17, 15) is 23.9 Å². The number of aliphatic hydroxyl groups is 1. The van der Waals surface area contributed by atoms with Crippen molar-refractivity contribution in [2.45, 2.75) is 26.4 Å². The molecule has 0 unspecified atom stereocenters. The Balaban J connectivity index is 1.77. The normalized spacial score (nSPS) is 11.6. The molecule has 5 rings (SSSR count). The molecule has 0 aliphatic rings. The predicted molar refractivity (Wildman–Crippen MR) is 158 cm³/mol. The molecule has 0 fully saturated rings. The van der Waals surface area contributed by atoms with Crippen LogP contribution in [0.2, 0.25) is 0 Å². The van der Waals surface area contributed by atoms with Crippen LogP contribution in [0.5, 0.6) is 0 Å². The number of para-hydroxylation sites is 1. The zero-order valence-electron chi connectivity index (χ0n) is 23.0. The van der Waals surface area contributed by atoms with Gasteiger partial charge in [0.15, 0.2) is 0 Å². The molecule has 0 atom stereocenters. The minimum atomic E-state index is -1.16. The Hall–Kier alpha value is -5.22. The van der Waals surface area contributed by atoms with Gasteiger partial charge in [-0.2, -0.15) is 0 Å². The average Bonchev–Trinajstić information content (AvgIpc) is 3.32. The summed E-state index contributed by atoms with van der Waals surface area (Å²) in [7, 11) is 0. The van der Waals surface area contributed by atoms with Crippen molar-refractivity contribution in [3.8, 4) is 11.1 Å². The summed E-state index contributed by atoms with van der Waals surface area (Å²) in [6.07, 6.45) is 0.290. The van der Waals surface area contributed by atoms with E-state index in [0.717, 1.165) is 17.0 Å². The van der Waals surface area contributed by atoms with Crippen molar-refractivity contribution in [3.05, 3.63) is 94.6 Å². The number of hydrogen-bond acceptors (Lipinski definition) is 5. The third-order valence-electron chi connectivity index (χ3n) is 7.33. The first-order valence-electron chi connectivity index (χ1n) is 12.8. The van der Waals surface area contributed by atoms with Crippen LogP contribution in [-0.4, -0.2) is 35.0 Å². The molecule has 212 valence electrons. The second-order valence-corrected chi connectivity index (χ2v) is 10.4. The van der Waals surface area contributed by atoms with Crippen LogP contribution in [0.4, 0.5) is 20.2 Å². The lowest BCUT2D eigenvalue weighted by molar-refractivity contribution is -0.106. The molecule has 4 aromatic carbocycles. The molecule has 5 aromatic rings. The van der Waals surface area contributed by atoms with Gasteiger partial charge in [0, 0.05) is 21.9 Å². The Morgan fingerprint density at radius 1 is 1.05 bits per heavy atom. The van der Waals surface area contributed by atoms with E-state index in [-0.39, 0.29) is 40.0 Å². The first kappa shape index (κ1) is 28.3. The van der Waals surface area contributed by atoms with Gasteiger partial charge in [-0.25, -0.2) is 13.7 Å². The summed E-state index contributed by atoms with van der Waals surface area (Å²) in [5.41, 5.74) is 6.23. The Kier molecular flexibility index (Phi) is 6.95. The van der Waals surface area contributed by atoms with Crippen LogP contribution in [0.15, 0.2) is 65.7 Å². The number of aromatic nitrogens is 1. The molecule has 0 aliphatic heterocycles. The van der Waals surface area contributed by atoms with Crippen LogP contribution in [0.3, 0.4) is 0 Å². The number of primary amides is 1. The first-order valence-corrected chi connectivity index (χ1v) is 12.8. The monoisotopic (exact) mass is 568 g/mol. The van der Waals surface area contributed by atoms with E-state index >= 15 is 4.39 Å². The maximum atomic E-state index is 16.0. The van der Waals surface area contributed by atoms with Gasteiger partial charge in [-0.3, -0.25) is 19.4 Å². The summed E-state index contributed by atoms with van der Waals surface area (Å²) >= 11 is 0. The van der Waals surface area contributed by atoms with Crippen molar-refractivity contribution in [2.75, 3.05) is 4.90 Å². The van der Waals surface area contributed by atoms with Crippen LogP contribution in [0, 0.1) is 18.6 Å². The van der Waals surface area contributed by atoms with Gasteiger partial charge in [0.05, 0.1) is 27.9 Å². The molecule has 10 heteroatoms. The van der Waals surface area contributed by atoms with E-state index in [0.29, 0.717) is 33.0 Å². The number of anilines is 1. The largest absolute Gasteiger partial charge is 0.386 e. The van der Waals surface area contributed by atoms with Crippen LogP contribution in [-0.2, 0) is 10.4 Å². The molecular formula is C32H26F2N4O4. The fraction of sp³-hybridized carbons (Fsp3) is 0.125. The highest BCUT2D eigenvalue weighted by Crippen LogP contribution is 2.42. The van der Waals surface area contributed by atoms with Crippen LogP contribution in [0.25, 0.3) is 32.9 Å². The molecule has 3 amide bonds. The molecule has 42 heavy (non-hydrogen) atoms. The number of nitrogens with two attached hydrogens (primary N) is 1. The number of rotatable bonds is 7. The molecule has 8 nitrogen and oxygen atoms in total. The van der Waals surface area contributed by atoms with E-state index in [4.69, 9.17) is 5.73 Å². The van der Waals surface area contributed by atoms with E-state index in [2.05, 4.69) is 16.7 Å². The smallest absolute Gasteiger partial charge is 0.267 e. The average molecular weight is 569 g/mol. The summed E-state index contributed by atoms with van der Waals surface area (Å²) in [5.74, 6) is -3.23. The van der Waals surface area contributed by atoms with Gasteiger partial charge in [0.25, 0.3) is 11.8 Å². The molecule has 0 aliphatic carbocycles. The number of amides is 3. The molecule has 4 N–H and O–H groups in total. The Morgan fingerprint density at radius 2 is 1.76 bits per heavy atom. The van der Waals surface area contributed by atoms with Gasteiger partial charge in [-0.15, -0.1) is 0 Å². The summed E-state index contributed by atoms with van der Waals surface area (Å²) in [6, 6.07) is 14.6. The van der Waals surface area contributed by atoms with E-state index in [1.54, 1.807) is 51.1 Å². The Morgan fingerprint density at radius 3 is 2.40 bits per heavy atom. The molecule has 0 bridgehead atoms. The minimum Gasteiger partial charge on any atom is -0.386 e. The predicted octanol–water partition coefficient (Wildman–Crippen LogP) is 6.04. The SMILES string of the molecule is C=Nc1c(F)cccc1C(=O)N(C=O)c1cccc(-c2c(F)cc(C(N)=O)c3[nH]c4cc(C(C)(C)O)ccc4c23)c1C. The molecule has 0 radical (unpaired) electrons. The highest BCUT2D eigenvalue weighted by molar-refractivity contribution is 6.21. The Bertz CT molecular complexity index is 1960. The van der Waals surface area contributed by atoms with Gasteiger partial charge >= 0.3 is 0 Å². The first-order chi connectivity index (χ1) is 19.9. The zero-order valence-corrected chi connectivity index (χ0v) is 23.0. The molecule has 1 heterocycles. The number of halogens is 2. The number of hydrogen-bond donors (Lipinski definition) is 3. The number of carbonyl (C=O) groups excluding carboxylic acids is 3. The van der Waals surface area contributed by atoms with Crippen molar-refractivity contribution in [1.29, 1.82) is 0 Å². The number of nitrogens with zero attached hydrogens (tertiary/aromatic N) is 2. The summed E-state index contributed by atoms with van der Waals surface area (Å²) < 4.78 is 30.3. The molecular weight excluding hydrogens is 542 g/mol. The van der Waals surface area contributed by atoms with Gasteiger partial charge in [0.2, 0.25) is 6.41 Å². The molecule has 1 aromatic heterocycles. The number of aliphatic imine (C=N–C) groups is 1. The lowest BCUT2D eigenvalue weighted by Gasteiger charge is -2.21. The zero-order chi connectivity index (χ0) is 30.5. The van der Waals surface area contributed by atoms with Crippen LogP contribution >= 0.6 is 0 Å². The van der Waals surface area contributed by atoms with Crippen molar-refractivity contribution in [3.63, 3.8) is 0 Å². The number of benzene rings is 4. The number of carbonyl (C=O) groups is 3. The van der Waals surface area contributed by atoms with E-state index in [1.807, 2.05) is 0 Å². The van der Waals surface area contributed by atoms with Gasteiger partial charge in [-0.05, 0) is 74.5 Å². The highest BCUT2D eigenvalue weighted by Gasteiger charge is 2.27. The number of fused-ring (bicyclic) bond motifs is 3. The lowest BCUT2D eigenvalue weighted by atomic mass is 9.91. The fourth-order valence-corrected chi connectivity index (χ4v) is 5.24. The van der Waals surface area contributed by atoms with E-state index < -0.39 is 29.0 Å². The number of aromatic amines is 1. The van der Waals surface area contributed by atoms with Crippen molar-refractivity contribution in [2.24, 2.45) is 10.7 Å². The third-order valence-corrected chi connectivity index (χ3v) is 7.33. The minimum absolute atomic E-state index is 0.0682. The summed E-state index contributed by atoms with van der Waals surface area (Å²) in [6.45, 7) is 8.19. The second kappa shape index (κ2) is 10.3. The molecule has 0 saturated heterocycles. The van der Waals surface area contributed by atoms with Crippen molar-refractivity contribution in [1.82, 2.24) is 4.98 Å². The molecule has 0 spiro atoms. The van der Waals surface area contributed by atoms with Gasteiger partial charge < -0.3 is 15.8 Å². The standard InChI is InChI=1S/C32H26F2N4O4/c1-16-18(7-6-10-25(16)38(15-39)31(41)20-8-5-9-22(33)28(20)36-4)26-23(34)14-21(30(35)40)29-27(26)19-12-11-17(32(2,3)42)13-24(19)37-29/h5-15,37,42H,4H2,1-3H3,(H2,35,40). The van der Waals surface area contributed by atoms with Gasteiger partial charge in [-0.1, -0.05) is 30.3 Å². The third kappa shape index (κ3) is 4.51.